The minimum absolute atomic E-state index is 0.0791. The first-order valence-electron chi connectivity index (χ1n) is 28.1. The molecule has 0 spiro atoms. The first kappa shape index (κ1) is 62.4. The van der Waals surface area contributed by atoms with E-state index in [1.807, 2.05) is 0 Å². The number of unbranched alkanes of at least 4 members (excludes halogenated alkanes) is 32. The van der Waals surface area contributed by atoms with Gasteiger partial charge in [0.1, 0.15) is 13.2 Å². The summed E-state index contributed by atoms with van der Waals surface area (Å²) in [6.45, 7) is 6.53. The molecule has 6 nitrogen and oxygen atoms in total. The van der Waals surface area contributed by atoms with Crippen LogP contribution in [0.2, 0.25) is 0 Å². The largest absolute Gasteiger partial charge is 0.462 e. The van der Waals surface area contributed by atoms with Crippen molar-refractivity contribution in [1.29, 1.82) is 0 Å². The quantitative estimate of drug-likeness (QED) is 0.0262. The summed E-state index contributed by atoms with van der Waals surface area (Å²) in [5.41, 5.74) is 0. The van der Waals surface area contributed by atoms with E-state index in [4.69, 9.17) is 14.2 Å². The highest BCUT2D eigenvalue weighted by Gasteiger charge is 2.19. The molecule has 0 radical (unpaired) electrons. The number of rotatable bonds is 51. The number of carbonyl (C=O) groups excluding carboxylic acids is 3. The zero-order valence-corrected chi connectivity index (χ0v) is 43.3. The van der Waals surface area contributed by atoms with E-state index < -0.39 is 6.10 Å². The summed E-state index contributed by atoms with van der Waals surface area (Å²) >= 11 is 0. The van der Waals surface area contributed by atoms with Crippen LogP contribution in [0.5, 0.6) is 0 Å². The van der Waals surface area contributed by atoms with E-state index in [9.17, 15) is 14.4 Å². The zero-order valence-electron chi connectivity index (χ0n) is 43.3. The summed E-state index contributed by atoms with van der Waals surface area (Å²) in [6, 6.07) is 0. The lowest BCUT2D eigenvalue weighted by molar-refractivity contribution is -0.167. The summed E-state index contributed by atoms with van der Waals surface area (Å²) < 4.78 is 16.8. The Labute approximate surface area is 403 Å². The molecule has 0 bridgehead atoms. The number of esters is 3. The van der Waals surface area contributed by atoms with Gasteiger partial charge < -0.3 is 14.2 Å². The highest BCUT2D eigenvalue weighted by atomic mass is 16.6. The monoisotopic (exact) mass is 911 g/mol. The van der Waals surface area contributed by atoms with Crippen molar-refractivity contribution >= 4 is 17.9 Å². The smallest absolute Gasteiger partial charge is 0.306 e. The van der Waals surface area contributed by atoms with Gasteiger partial charge in [-0.05, 0) is 77.0 Å². The first-order valence-corrected chi connectivity index (χ1v) is 28.1. The molecule has 0 rings (SSSR count). The van der Waals surface area contributed by atoms with Gasteiger partial charge in [-0.2, -0.15) is 0 Å². The number of ether oxygens (including phenoxy) is 3. The van der Waals surface area contributed by atoms with Gasteiger partial charge in [-0.1, -0.05) is 243 Å². The van der Waals surface area contributed by atoms with Crippen molar-refractivity contribution in [2.45, 2.75) is 297 Å². The predicted molar refractivity (Wildman–Crippen MR) is 279 cm³/mol. The van der Waals surface area contributed by atoms with Crippen LogP contribution >= 0.6 is 0 Å². The molecule has 0 saturated carbocycles. The van der Waals surface area contributed by atoms with Gasteiger partial charge in [0, 0.05) is 19.3 Å². The van der Waals surface area contributed by atoms with Crippen molar-refractivity contribution in [3.05, 3.63) is 48.6 Å². The van der Waals surface area contributed by atoms with Crippen molar-refractivity contribution in [3.63, 3.8) is 0 Å². The summed E-state index contributed by atoms with van der Waals surface area (Å²) in [5, 5.41) is 0. The molecule has 0 unspecified atom stereocenters. The highest BCUT2D eigenvalue weighted by molar-refractivity contribution is 5.71. The summed E-state index contributed by atoms with van der Waals surface area (Å²) in [6.07, 6.45) is 65.2. The Morgan fingerprint density at radius 3 is 0.954 bits per heavy atom. The van der Waals surface area contributed by atoms with E-state index in [2.05, 4.69) is 69.4 Å². The Balaban J connectivity index is 4.38. The van der Waals surface area contributed by atoms with E-state index in [1.54, 1.807) is 0 Å². The number of allylic oxidation sites excluding steroid dienone is 8. The standard InChI is InChI=1S/C59H106O6/c1-4-7-10-13-16-19-22-25-28-29-32-34-37-40-43-46-49-52-58(61)64-55-56(65-59(62)53-50-47-44-41-38-35-31-27-24-21-18-15-12-9-6-3)54-63-57(60)51-48-45-42-39-36-33-30-26-23-20-17-14-11-8-5-2/h8,11,17,20,26-27,30-31,56H,4-7,9-10,12-16,18-19,21-25,28-29,32-55H2,1-3H3/t56-/m0/s1. The molecule has 0 aromatic carbocycles. The van der Waals surface area contributed by atoms with E-state index >= 15 is 0 Å². The van der Waals surface area contributed by atoms with Gasteiger partial charge in [0.05, 0.1) is 0 Å². The molecule has 0 aliphatic heterocycles. The molecule has 378 valence electrons. The second kappa shape index (κ2) is 54.0. The second-order valence-electron chi connectivity index (χ2n) is 18.8. The molecular weight excluding hydrogens is 805 g/mol. The third-order valence-electron chi connectivity index (χ3n) is 12.3. The van der Waals surface area contributed by atoms with Crippen LogP contribution in [0, 0.1) is 0 Å². The molecule has 0 heterocycles. The minimum atomic E-state index is -0.782. The fourth-order valence-corrected chi connectivity index (χ4v) is 8.10. The lowest BCUT2D eigenvalue weighted by Gasteiger charge is -2.18. The molecule has 0 aliphatic carbocycles. The number of hydrogen-bond donors (Lipinski definition) is 0. The fourth-order valence-electron chi connectivity index (χ4n) is 8.10. The fraction of sp³-hybridized carbons (Fsp3) is 0.814. The Bertz CT molecular complexity index is 1140. The van der Waals surface area contributed by atoms with Crippen molar-refractivity contribution in [3.8, 4) is 0 Å². The first-order chi connectivity index (χ1) is 32.0. The average Bonchev–Trinajstić information content (AvgIpc) is 3.30. The van der Waals surface area contributed by atoms with E-state index in [0.717, 1.165) is 109 Å². The minimum Gasteiger partial charge on any atom is -0.462 e. The number of carbonyl (C=O) groups is 3. The van der Waals surface area contributed by atoms with Crippen molar-refractivity contribution in [1.82, 2.24) is 0 Å². The van der Waals surface area contributed by atoms with Crippen LogP contribution in [0.15, 0.2) is 48.6 Å². The maximum atomic E-state index is 12.8. The normalized spacial score (nSPS) is 12.4. The van der Waals surface area contributed by atoms with Crippen LogP contribution in [0.25, 0.3) is 0 Å². The van der Waals surface area contributed by atoms with E-state index in [-0.39, 0.29) is 31.1 Å². The maximum Gasteiger partial charge on any atom is 0.306 e. The lowest BCUT2D eigenvalue weighted by Crippen LogP contribution is -2.30. The van der Waals surface area contributed by atoms with Crippen LogP contribution < -0.4 is 0 Å². The third kappa shape index (κ3) is 52.2. The Morgan fingerprint density at radius 2 is 0.600 bits per heavy atom. The molecule has 0 amide bonds. The van der Waals surface area contributed by atoms with Gasteiger partial charge in [0.25, 0.3) is 0 Å². The van der Waals surface area contributed by atoms with Crippen LogP contribution in [0.1, 0.15) is 290 Å². The summed E-state index contributed by atoms with van der Waals surface area (Å²) in [7, 11) is 0. The molecule has 0 fully saturated rings. The molecule has 0 saturated heterocycles. The third-order valence-corrected chi connectivity index (χ3v) is 12.3. The highest BCUT2D eigenvalue weighted by Crippen LogP contribution is 2.16. The van der Waals surface area contributed by atoms with Crippen LogP contribution in [0.4, 0.5) is 0 Å². The van der Waals surface area contributed by atoms with Crippen LogP contribution in [-0.4, -0.2) is 37.2 Å². The Kier molecular flexibility index (Phi) is 51.8. The molecule has 0 aromatic rings. The van der Waals surface area contributed by atoms with Gasteiger partial charge in [-0.3, -0.25) is 14.4 Å². The molecular formula is C59H106O6. The van der Waals surface area contributed by atoms with Gasteiger partial charge in [-0.25, -0.2) is 0 Å². The van der Waals surface area contributed by atoms with E-state index in [1.165, 1.54) is 141 Å². The van der Waals surface area contributed by atoms with Gasteiger partial charge in [0.2, 0.25) is 0 Å². The van der Waals surface area contributed by atoms with Crippen molar-refractivity contribution in [2.75, 3.05) is 13.2 Å². The van der Waals surface area contributed by atoms with E-state index in [0.29, 0.717) is 19.3 Å². The van der Waals surface area contributed by atoms with Gasteiger partial charge in [0.15, 0.2) is 6.10 Å². The second-order valence-corrected chi connectivity index (χ2v) is 18.8. The van der Waals surface area contributed by atoms with Gasteiger partial charge in [-0.15, -0.1) is 0 Å². The lowest BCUT2D eigenvalue weighted by atomic mass is 10.0. The molecule has 65 heavy (non-hydrogen) atoms. The maximum absolute atomic E-state index is 12.8. The van der Waals surface area contributed by atoms with Crippen molar-refractivity contribution < 1.29 is 28.6 Å². The molecule has 0 aliphatic rings. The number of hydrogen-bond acceptors (Lipinski definition) is 6. The molecule has 0 N–H and O–H groups in total. The van der Waals surface area contributed by atoms with Crippen molar-refractivity contribution in [2.24, 2.45) is 0 Å². The average molecular weight is 911 g/mol. The summed E-state index contributed by atoms with van der Waals surface area (Å²) in [5.74, 6) is -0.892. The molecule has 0 aromatic heterocycles. The molecule has 1 atom stereocenters. The van der Waals surface area contributed by atoms with Gasteiger partial charge >= 0.3 is 17.9 Å². The Morgan fingerprint density at radius 1 is 0.323 bits per heavy atom. The van der Waals surface area contributed by atoms with Crippen LogP contribution in [0.3, 0.4) is 0 Å². The predicted octanol–water partition coefficient (Wildman–Crippen LogP) is 18.7. The summed E-state index contributed by atoms with van der Waals surface area (Å²) in [4.78, 5) is 38.1. The topological polar surface area (TPSA) is 78.9 Å². The Hall–Kier alpha value is -2.63. The molecule has 6 heteroatoms. The zero-order chi connectivity index (χ0) is 47.2. The SMILES string of the molecule is CCC=CCC=CCC=CCCCCCCCC(=O)OC[C@@H](COC(=O)CCCCCCCCCCCCCCCCCCC)OC(=O)CCCCCCCC=CCCCCCCCC. The van der Waals surface area contributed by atoms with Crippen LogP contribution in [-0.2, 0) is 28.6 Å².